The van der Waals surface area contributed by atoms with Crippen LogP contribution in [-0.2, 0) is 21.8 Å². The van der Waals surface area contributed by atoms with Crippen LogP contribution in [0, 0.1) is 13.8 Å². The van der Waals surface area contributed by atoms with E-state index in [-0.39, 0.29) is 18.1 Å². The molecule has 0 fully saturated rings. The van der Waals surface area contributed by atoms with Crippen LogP contribution in [0.4, 0.5) is 0 Å². The average Bonchev–Trinajstić information content (AvgIpc) is 2.58. The third-order valence-corrected chi connectivity index (χ3v) is 4.42. The Morgan fingerprint density at radius 3 is 2.58 bits per heavy atom. The standard InChI is InChI=1S/C11H21N3O4S/c1-9-11(10(2)14(3)13-9)19(16,17)12-5-4-7-18-8-6-15/h12,15H,4-8H2,1-3H3. The molecule has 0 saturated heterocycles. The monoisotopic (exact) mass is 291 g/mol. The van der Waals surface area contributed by atoms with Crippen molar-refractivity contribution in [1.82, 2.24) is 14.5 Å². The molecular weight excluding hydrogens is 270 g/mol. The second-order valence-electron chi connectivity index (χ2n) is 4.21. The zero-order valence-electron chi connectivity index (χ0n) is 11.5. The molecule has 0 radical (unpaired) electrons. The maximum Gasteiger partial charge on any atom is 0.244 e. The second-order valence-corrected chi connectivity index (χ2v) is 5.91. The number of ether oxygens (including phenoxy) is 1. The minimum atomic E-state index is -3.53. The quantitative estimate of drug-likeness (QED) is 0.642. The predicted molar refractivity (Wildman–Crippen MR) is 70.4 cm³/mol. The number of aryl methyl sites for hydroxylation is 2. The second kappa shape index (κ2) is 6.99. The topological polar surface area (TPSA) is 93.5 Å². The van der Waals surface area contributed by atoms with Crippen LogP contribution < -0.4 is 4.72 Å². The summed E-state index contributed by atoms with van der Waals surface area (Å²) in [6.07, 6.45) is 0.553. The smallest absolute Gasteiger partial charge is 0.244 e. The van der Waals surface area contributed by atoms with Crippen molar-refractivity contribution < 1.29 is 18.3 Å². The molecule has 1 heterocycles. The van der Waals surface area contributed by atoms with E-state index in [4.69, 9.17) is 9.84 Å². The molecule has 110 valence electrons. The van der Waals surface area contributed by atoms with Crippen molar-refractivity contribution in [2.24, 2.45) is 7.05 Å². The van der Waals surface area contributed by atoms with Gasteiger partial charge in [0.05, 0.1) is 24.6 Å². The Kier molecular flexibility index (Phi) is 5.92. The van der Waals surface area contributed by atoms with Crippen LogP contribution in [0.25, 0.3) is 0 Å². The number of nitrogens with one attached hydrogen (secondary N) is 1. The summed E-state index contributed by atoms with van der Waals surface area (Å²) in [5, 5.41) is 12.6. The molecular formula is C11H21N3O4S. The molecule has 2 N–H and O–H groups in total. The van der Waals surface area contributed by atoms with E-state index in [0.29, 0.717) is 31.0 Å². The molecule has 0 spiro atoms. The van der Waals surface area contributed by atoms with Gasteiger partial charge in [0.15, 0.2) is 0 Å². The molecule has 1 aromatic heterocycles. The van der Waals surface area contributed by atoms with E-state index in [2.05, 4.69) is 9.82 Å². The van der Waals surface area contributed by atoms with E-state index in [1.165, 1.54) is 0 Å². The number of nitrogens with zero attached hydrogens (tertiary/aromatic N) is 2. The zero-order valence-corrected chi connectivity index (χ0v) is 12.3. The number of rotatable bonds is 8. The lowest BCUT2D eigenvalue weighted by atomic mass is 10.4. The number of hydrogen-bond acceptors (Lipinski definition) is 5. The van der Waals surface area contributed by atoms with E-state index >= 15 is 0 Å². The third kappa shape index (κ3) is 4.27. The first-order chi connectivity index (χ1) is 8.90. The lowest BCUT2D eigenvalue weighted by molar-refractivity contribution is 0.0913. The molecule has 0 aromatic carbocycles. The summed E-state index contributed by atoms with van der Waals surface area (Å²) in [5.41, 5.74) is 1.10. The van der Waals surface area contributed by atoms with Gasteiger partial charge >= 0.3 is 0 Å². The summed E-state index contributed by atoms with van der Waals surface area (Å²) in [6, 6.07) is 0. The largest absolute Gasteiger partial charge is 0.394 e. The summed E-state index contributed by atoms with van der Waals surface area (Å²) < 4.78 is 33.4. The van der Waals surface area contributed by atoms with Crippen LogP contribution in [-0.4, -0.2) is 49.7 Å². The van der Waals surface area contributed by atoms with Gasteiger partial charge in [0.1, 0.15) is 4.90 Å². The molecule has 0 unspecified atom stereocenters. The SMILES string of the molecule is Cc1nn(C)c(C)c1S(=O)(=O)NCCCOCCO. The van der Waals surface area contributed by atoms with Crippen molar-refractivity contribution in [3.8, 4) is 0 Å². The molecule has 0 aliphatic carbocycles. The highest BCUT2D eigenvalue weighted by Crippen LogP contribution is 2.17. The first-order valence-electron chi connectivity index (χ1n) is 6.08. The Labute approximate surface area is 113 Å². The van der Waals surface area contributed by atoms with Crippen LogP contribution in [0.1, 0.15) is 17.8 Å². The van der Waals surface area contributed by atoms with Gasteiger partial charge in [-0.15, -0.1) is 0 Å². The Hall–Kier alpha value is -0.960. The van der Waals surface area contributed by atoms with E-state index in [0.717, 1.165) is 0 Å². The van der Waals surface area contributed by atoms with Gasteiger partial charge in [0.25, 0.3) is 0 Å². The Morgan fingerprint density at radius 1 is 1.37 bits per heavy atom. The summed E-state index contributed by atoms with van der Waals surface area (Å²) in [4.78, 5) is 0.242. The van der Waals surface area contributed by atoms with Crippen molar-refractivity contribution in [2.75, 3.05) is 26.4 Å². The van der Waals surface area contributed by atoms with Gasteiger partial charge in [-0.1, -0.05) is 0 Å². The molecule has 19 heavy (non-hydrogen) atoms. The molecule has 0 atom stereocenters. The highest BCUT2D eigenvalue weighted by molar-refractivity contribution is 7.89. The number of aliphatic hydroxyl groups excluding tert-OH is 1. The lowest BCUT2D eigenvalue weighted by Gasteiger charge is -2.07. The van der Waals surface area contributed by atoms with E-state index in [1.54, 1.807) is 25.6 Å². The summed E-state index contributed by atoms with van der Waals surface area (Å²) in [7, 11) is -1.82. The van der Waals surface area contributed by atoms with Gasteiger partial charge in [-0.25, -0.2) is 13.1 Å². The summed E-state index contributed by atoms with van der Waals surface area (Å²) >= 11 is 0. The first kappa shape index (κ1) is 16.1. The Bertz CT molecular complexity index is 510. The van der Waals surface area contributed by atoms with E-state index < -0.39 is 10.0 Å². The predicted octanol–water partition coefficient (Wildman–Crippen LogP) is -0.286. The molecule has 0 bridgehead atoms. The van der Waals surface area contributed by atoms with Gasteiger partial charge in [-0.3, -0.25) is 4.68 Å². The van der Waals surface area contributed by atoms with Crippen molar-refractivity contribution in [3.05, 3.63) is 11.4 Å². The molecule has 8 heteroatoms. The lowest BCUT2D eigenvalue weighted by Crippen LogP contribution is -2.26. The van der Waals surface area contributed by atoms with Gasteiger partial charge in [0, 0.05) is 20.2 Å². The van der Waals surface area contributed by atoms with Crippen molar-refractivity contribution in [1.29, 1.82) is 0 Å². The fourth-order valence-corrected chi connectivity index (χ4v) is 3.27. The third-order valence-electron chi connectivity index (χ3n) is 2.70. The summed E-state index contributed by atoms with van der Waals surface area (Å²) in [6.45, 7) is 4.34. The van der Waals surface area contributed by atoms with E-state index in [1.807, 2.05) is 0 Å². The Morgan fingerprint density at radius 2 is 2.05 bits per heavy atom. The molecule has 1 rings (SSSR count). The van der Waals surface area contributed by atoms with Crippen LogP contribution >= 0.6 is 0 Å². The number of aromatic nitrogens is 2. The van der Waals surface area contributed by atoms with Crippen LogP contribution in [0.5, 0.6) is 0 Å². The van der Waals surface area contributed by atoms with Crippen molar-refractivity contribution in [3.63, 3.8) is 0 Å². The maximum absolute atomic E-state index is 12.1. The minimum absolute atomic E-state index is 0.0280. The van der Waals surface area contributed by atoms with E-state index in [9.17, 15) is 8.42 Å². The molecule has 0 amide bonds. The zero-order chi connectivity index (χ0) is 14.5. The first-order valence-corrected chi connectivity index (χ1v) is 7.57. The van der Waals surface area contributed by atoms with Gasteiger partial charge < -0.3 is 9.84 Å². The molecule has 7 nitrogen and oxygen atoms in total. The molecule has 0 aliphatic rings. The van der Waals surface area contributed by atoms with Gasteiger partial charge in [-0.05, 0) is 20.3 Å². The highest BCUT2D eigenvalue weighted by Gasteiger charge is 2.22. The van der Waals surface area contributed by atoms with Crippen LogP contribution in [0.3, 0.4) is 0 Å². The molecule has 1 aromatic rings. The number of aliphatic hydroxyl groups is 1. The van der Waals surface area contributed by atoms with Crippen LogP contribution in [0.2, 0.25) is 0 Å². The average molecular weight is 291 g/mol. The summed E-state index contributed by atoms with van der Waals surface area (Å²) in [5.74, 6) is 0. The van der Waals surface area contributed by atoms with Crippen molar-refractivity contribution >= 4 is 10.0 Å². The Balaban J connectivity index is 2.57. The van der Waals surface area contributed by atoms with Gasteiger partial charge in [0.2, 0.25) is 10.0 Å². The fourth-order valence-electron chi connectivity index (χ4n) is 1.76. The number of sulfonamides is 1. The van der Waals surface area contributed by atoms with Crippen molar-refractivity contribution in [2.45, 2.75) is 25.2 Å². The molecule has 0 aliphatic heterocycles. The van der Waals surface area contributed by atoms with Gasteiger partial charge in [-0.2, -0.15) is 5.10 Å². The molecule has 0 saturated carbocycles. The number of hydrogen-bond donors (Lipinski definition) is 2. The maximum atomic E-state index is 12.1. The minimum Gasteiger partial charge on any atom is -0.394 e. The normalized spacial score (nSPS) is 12.0. The van der Waals surface area contributed by atoms with Crippen LogP contribution in [0.15, 0.2) is 4.90 Å². The highest BCUT2D eigenvalue weighted by atomic mass is 32.2. The fraction of sp³-hybridized carbons (Fsp3) is 0.727.